The first-order valence-electron chi connectivity index (χ1n) is 11.6. The van der Waals surface area contributed by atoms with E-state index in [0.29, 0.717) is 40.8 Å². The van der Waals surface area contributed by atoms with Crippen LogP contribution >= 0.6 is 12.2 Å². The van der Waals surface area contributed by atoms with Gasteiger partial charge < -0.3 is 15.4 Å². The van der Waals surface area contributed by atoms with E-state index in [2.05, 4.69) is 29.8 Å². The van der Waals surface area contributed by atoms with Gasteiger partial charge in [-0.15, -0.1) is 0 Å². The van der Waals surface area contributed by atoms with Crippen LogP contribution in [-0.4, -0.2) is 23.5 Å². The van der Waals surface area contributed by atoms with Crippen molar-refractivity contribution in [2.75, 3.05) is 17.2 Å². The molecule has 0 saturated carbocycles. The van der Waals surface area contributed by atoms with Gasteiger partial charge in [-0.2, -0.15) is 0 Å². The van der Waals surface area contributed by atoms with Crippen molar-refractivity contribution in [3.63, 3.8) is 0 Å². The van der Waals surface area contributed by atoms with Crippen LogP contribution in [0.1, 0.15) is 52.1 Å². The van der Waals surface area contributed by atoms with E-state index in [1.165, 1.54) is 0 Å². The zero-order valence-corrected chi connectivity index (χ0v) is 21.3. The highest BCUT2D eigenvalue weighted by Gasteiger charge is 2.14. The van der Waals surface area contributed by atoms with Gasteiger partial charge in [-0.25, -0.2) is 0 Å². The molecule has 0 radical (unpaired) electrons. The lowest BCUT2D eigenvalue weighted by molar-refractivity contribution is 0.0976. The highest BCUT2D eigenvalue weighted by atomic mass is 32.1. The number of thiocarbonyl (C=S) groups is 1. The number of hydrogen-bond donors (Lipinski definition) is 3. The summed E-state index contributed by atoms with van der Waals surface area (Å²) in [6, 6.07) is 19.7. The third-order valence-electron chi connectivity index (χ3n) is 5.47. The second kappa shape index (κ2) is 12.1. The Labute approximate surface area is 212 Å². The van der Waals surface area contributed by atoms with E-state index in [9.17, 15) is 9.59 Å². The molecule has 3 aromatic rings. The molecule has 0 aromatic heterocycles. The van der Waals surface area contributed by atoms with Gasteiger partial charge >= 0.3 is 0 Å². The van der Waals surface area contributed by atoms with Gasteiger partial charge in [0.1, 0.15) is 5.75 Å². The van der Waals surface area contributed by atoms with E-state index >= 15 is 0 Å². The van der Waals surface area contributed by atoms with Crippen LogP contribution in [0.2, 0.25) is 0 Å². The first kappa shape index (κ1) is 25.9. The van der Waals surface area contributed by atoms with Gasteiger partial charge in [0, 0.05) is 11.3 Å². The summed E-state index contributed by atoms with van der Waals surface area (Å²) in [5, 5.41) is 8.64. The number of carbonyl (C=O) groups is 2. The number of carbonyl (C=O) groups excluding carboxylic acids is 2. The van der Waals surface area contributed by atoms with Crippen molar-refractivity contribution < 1.29 is 14.3 Å². The number of anilines is 2. The fourth-order valence-corrected chi connectivity index (χ4v) is 3.48. The van der Waals surface area contributed by atoms with Crippen molar-refractivity contribution in [3.8, 4) is 5.75 Å². The van der Waals surface area contributed by atoms with Gasteiger partial charge in [-0.1, -0.05) is 38.1 Å². The topological polar surface area (TPSA) is 79.5 Å². The maximum absolute atomic E-state index is 12.9. The molecule has 2 amide bonds. The number of hydrogen-bond acceptors (Lipinski definition) is 4. The summed E-state index contributed by atoms with van der Waals surface area (Å²) in [4.78, 5) is 25.7. The summed E-state index contributed by atoms with van der Waals surface area (Å²) >= 11 is 5.35. The van der Waals surface area contributed by atoms with E-state index in [0.717, 1.165) is 17.5 Å². The second-order valence-electron chi connectivity index (χ2n) is 8.77. The molecule has 0 aliphatic rings. The number of benzene rings is 3. The van der Waals surface area contributed by atoms with Crippen LogP contribution in [0.25, 0.3) is 0 Å². The van der Waals surface area contributed by atoms with Crippen LogP contribution in [-0.2, 0) is 0 Å². The number of nitrogens with one attached hydrogen (secondary N) is 3. The summed E-state index contributed by atoms with van der Waals surface area (Å²) in [6.45, 7) is 8.86. The molecule has 0 bridgehead atoms. The molecular formula is C28H31N3O3S. The molecule has 3 rings (SSSR count). The van der Waals surface area contributed by atoms with Gasteiger partial charge in [0.25, 0.3) is 11.8 Å². The van der Waals surface area contributed by atoms with Crippen LogP contribution in [0.5, 0.6) is 5.75 Å². The van der Waals surface area contributed by atoms with E-state index < -0.39 is 0 Å². The third kappa shape index (κ3) is 7.65. The molecule has 0 aliphatic heterocycles. The Bertz CT molecular complexity index is 1220. The first-order chi connectivity index (χ1) is 16.7. The molecule has 0 fully saturated rings. The summed E-state index contributed by atoms with van der Waals surface area (Å²) in [6.07, 6.45) is 0.931. The zero-order valence-electron chi connectivity index (χ0n) is 20.5. The molecular weight excluding hydrogens is 458 g/mol. The summed E-state index contributed by atoms with van der Waals surface area (Å²) in [7, 11) is 0. The minimum absolute atomic E-state index is 0.0903. The maximum Gasteiger partial charge on any atom is 0.257 e. The molecule has 6 nitrogen and oxygen atoms in total. The largest absolute Gasteiger partial charge is 0.494 e. The Balaban J connectivity index is 1.64. The fraction of sp³-hybridized carbons (Fsp3) is 0.250. The minimum atomic E-state index is -0.367. The monoisotopic (exact) mass is 489 g/mol. The molecule has 0 spiro atoms. The maximum atomic E-state index is 12.9. The number of para-hydroxylation sites is 1. The Morgan fingerprint density at radius 2 is 1.66 bits per heavy atom. The highest BCUT2D eigenvalue weighted by Crippen LogP contribution is 2.20. The smallest absolute Gasteiger partial charge is 0.257 e. The van der Waals surface area contributed by atoms with Crippen LogP contribution in [0.4, 0.5) is 11.4 Å². The average molecular weight is 490 g/mol. The quantitative estimate of drug-likeness (QED) is 0.333. The van der Waals surface area contributed by atoms with E-state index in [4.69, 9.17) is 17.0 Å². The van der Waals surface area contributed by atoms with Crippen molar-refractivity contribution >= 4 is 40.5 Å². The van der Waals surface area contributed by atoms with Crippen LogP contribution in [0.15, 0.2) is 66.7 Å². The molecule has 0 heterocycles. The van der Waals surface area contributed by atoms with Crippen molar-refractivity contribution in [2.45, 2.75) is 34.1 Å². The fourth-order valence-electron chi connectivity index (χ4n) is 3.28. The molecule has 3 aromatic carbocycles. The predicted octanol–water partition coefficient (Wildman–Crippen LogP) is 6.11. The Kier molecular flexibility index (Phi) is 8.98. The molecule has 0 saturated heterocycles. The number of aryl methyl sites for hydroxylation is 2. The van der Waals surface area contributed by atoms with Gasteiger partial charge in [0.15, 0.2) is 5.11 Å². The van der Waals surface area contributed by atoms with Gasteiger partial charge in [0.2, 0.25) is 0 Å². The summed E-state index contributed by atoms with van der Waals surface area (Å²) < 4.78 is 5.74. The van der Waals surface area contributed by atoms with Gasteiger partial charge in [-0.3, -0.25) is 14.9 Å². The molecule has 7 heteroatoms. The highest BCUT2D eigenvalue weighted by molar-refractivity contribution is 7.80. The van der Waals surface area contributed by atoms with Gasteiger partial charge in [0.05, 0.1) is 17.9 Å². The second-order valence-corrected chi connectivity index (χ2v) is 9.17. The predicted molar refractivity (Wildman–Crippen MR) is 145 cm³/mol. The molecule has 0 unspecified atom stereocenters. The standard InChI is InChI=1S/C28H31N3O3S/c1-18(2)14-15-34-23-9-7-8-21(17-23)26(32)31-28(35)30-25-11-6-5-10-24(25)27(33)29-22-13-12-19(3)20(4)16-22/h5-13,16-18H,14-15H2,1-4H3,(H,29,33)(H2,30,31,32,35). The van der Waals surface area contributed by atoms with Crippen LogP contribution in [0.3, 0.4) is 0 Å². The Morgan fingerprint density at radius 3 is 2.40 bits per heavy atom. The third-order valence-corrected chi connectivity index (χ3v) is 5.68. The number of rotatable bonds is 8. The molecule has 3 N–H and O–H groups in total. The van der Waals surface area contributed by atoms with Crippen molar-refractivity contribution in [1.29, 1.82) is 0 Å². The Morgan fingerprint density at radius 1 is 0.886 bits per heavy atom. The zero-order chi connectivity index (χ0) is 25.4. The van der Waals surface area contributed by atoms with Crippen molar-refractivity contribution in [1.82, 2.24) is 5.32 Å². The minimum Gasteiger partial charge on any atom is -0.494 e. The Hall–Kier alpha value is -3.71. The summed E-state index contributed by atoms with van der Waals surface area (Å²) in [5.74, 6) is 0.520. The van der Waals surface area contributed by atoms with Crippen LogP contribution in [0, 0.1) is 19.8 Å². The summed E-state index contributed by atoms with van der Waals surface area (Å²) in [5.41, 5.74) is 4.27. The SMILES string of the molecule is Cc1ccc(NC(=O)c2ccccc2NC(=S)NC(=O)c2cccc(OCCC(C)C)c2)cc1C. The molecule has 182 valence electrons. The van der Waals surface area contributed by atoms with E-state index in [-0.39, 0.29) is 16.9 Å². The van der Waals surface area contributed by atoms with Crippen molar-refractivity contribution in [2.24, 2.45) is 5.92 Å². The lowest BCUT2D eigenvalue weighted by Crippen LogP contribution is -2.34. The van der Waals surface area contributed by atoms with E-state index in [1.807, 2.05) is 38.1 Å². The van der Waals surface area contributed by atoms with Crippen LogP contribution < -0.4 is 20.7 Å². The number of ether oxygens (including phenoxy) is 1. The number of amides is 2. The molecule has 0 atom stereocenters. The molecule has 0 aliphatic carbocycles. The van der Waals surface area contributed by atoms with Gasteiger partial charge in [-0.05, 0) is 92.0 Å². The molecule has 35 heavy (non-hydrogen) atoms. The lowest BCUT2D eigenvalue weighted by Gasteiger charge is -2.14. The lowest BCUT2D eigenvalue weighted by atomic mass is 10.1. The average Bonchev–Trinajstić information content (AvgIpc) is 2.81. The van der Waals surface area contributed by atoms with Crippen molar-refractivity contribution in [3.05, 3.63) is 89.0 Å². The first-order valence-corrected chi connectivity index (χ1v) is 12.0. The van der Waals surface area contributed by atoms with E-state index in [1.54, 1.807) is 42.5 Å². The normalized spacial score (nSPS) is 10.5.